The van der Waals surface area contributed by atoms with E-state index in [0.29, 0.717) is 23.8 Å². The Bertz CT molecular complexity index is 653. The molecule has 1 aromatic carbocycles. The van der Waals surface area contributed by atoms with E-state index in [1.165, 1.54) is 12.1 Å². The van der Waals surface area contributed by atoms with Gasteiger partial charge in [-0.2, -0.15) is 0 Å². The topological polar surface area (TPSA) is 49.8 Å². The van der Waals surface area contributed by atoms with Gasteiger partial charge in [0.25, 0.3) is 0 Å². The smallest absolute Gasteiger partial charge is 0.139 e. The van der Waals surface area contributed by atoms with Crippen LogP contribution in [0.3, 0.4) is 0 Å². The Balaban J connectivity index is 2.49. The van der Waals surface area contributed by atoms with Gasteiger partial charge in [-0.1, -0.05) is 30.1 Å². The maximum Gasteiger partial charge on any atom is 0.139 e. The second-order valence-electron chi connectivity index (χ2n) is 4.44. The minimum Gasteiger partial charge on any atom is -0.373 e. The molecule has 0 saturated heterocycles. The molecule has 0 amide bonds. The number of aromatic nitrogens is 2. The summed E-state index contributed by atoms with van der Waals surface area (Å²) in [6.45, 7) is 3.84. The fourth-order valence-electron chi connectivity index (χ4n) is 1.87. The lowest BCUT2D eigenvalue weighted by atomic mass is 10.2. The molecule has 0 radical (unpaired) electrons. The summed E-state index contributed by atoms with van der Waals surface area (Å²) < 4.78 is 13.2. The van der Waals surface area contributed by atoms with Crippen LogP contribution in [0.25, 0.3) is 0 Å². The van der Waals surface area contributed by atoms with E-state index in [2.05, 4.69) is 20.6 Å². The third kappa shape index (κ3) is 3.36. The number of benzene rings is 1. The quantitative estimate of drug-likeness (QED) is 0.862. The number of hydrogen-bond donors (Lipinski definition) is 2. The average molecular weight is 329 g/mol. The van der Waals surface area contributed by atoms with Crippen LogP contribution in [0.5, 0.6) is 0 Å². The van der Waals surface area contributed by atoms with Crippen LogP contribution in [0, 0.1) is 12.7 Å². The first-order valence-corrected chi connectivity index (χ1v) is 7.18. The van der Waals surface area contributed by atoms with E-state index < -0.39 is 5.82 Å². The molecular weight excluding hydrogens is 314 g/mol. The van der Waals surface area contributed by atoms with Crippen LogP contribution in [0.15, 0.2) is 12.1 Å². The Labute approximate surface area is 132 Å². The van der Waals surface area contributed by atoms with Crippen LogP contribution in [-0.4, -0.2) is 17.0 Å². The summed E-state index contributed by atoms with van der Waals surface area (Å²) in [6.07, 6.45) is 0.689. The fourth-order valence-corrected chi connectivity index (χ4v) is 2.42. The highest BCUT2D eigenvalue weighted by Crippen LogP contribution is 2.34. The van der Waals surface area contributed by atoms with Gasteiger partial charge in [-0.05, 0) is 19.1 Å². The van der Waals surface area contributed by atoms with Gasteiger partial charge in [0, 0.05) is 19.0 Å². The van der Waals surface area contributed by atoms with Gasteiger partial charge in [-0.25, -0.2) is 14.4 Å². The summed E-state index contributed by atoms with van der Waals surface area (Å²) in [7, 11) is 1.79. The minimum atomic E-state index is -0.486. The van der Waals surface area contributed by atoms with Gasteiger partial charge in [-0.3, -0.25) is 0 Å². The number of anilines is 3. The molecule has 21 heavy (non-hydrogen) atoms. The highest BCUT2D eigenvalue weighted by Gasteiger charge is 2.14. The van der Waals surface area contributed by atoms with Crippen LogP contribution in [-0.2, 0) is 6.42 Å². The van der Waals surface area contributed by atoms with Gasteiger partial charge in [0.15, 0.2) is 0 Å². The van der Waals surface area contributed by atoms with Crippen LogP contribution in [0.2, 0.25) is 10.0 Å². The molecule has 0 aliphatic rings. The summed E-state index contributed by atoms with van der Waals surface area (Å²) in [6, 6.07) is 2.40. The Morgan fingerprint density at radius 3 is 2.24 bits per heavy atom. The van der Waals surface area contributed by atoms with E-state index in [1.54, 1.807) is 7.05 Å². The van der Waals surface area contributed by atoms with E-state index in [9.17, 15) is 4.39 Å². The first kappa shape index (κ1) is 15.8. The molecule has 1 heterocycles. The van der Waals surface area contributed by atoms with Crippen LogP contribution in [0.4, 0.5) is 21.7 Å². The lowest BCUT2D eigenvalue weighted by molar-refractivity contribution is 0.628. The number of nitrogens with zero attached hydrogens (tertiary/aromatic N) is 2. The first-order chi connectivity index (χ1) is 9.96. The Kier molecular flexibility index (Phi) is 4.85. The molecule has 0 bridgehead atoms. The minimum absolute atomic E-state index is 0.196. The molecule has 2 N–H and O–H groups in total. The predicted octanol–water partition coefficient (Wildman–Crippen LogP) is 4.58. The number of hydrogen-bond acceptors (Lipinski definition) is 4. The molecule has 4 nitrogen and oxygen atoms in total. The molecule has 1 aromatic heterocycles. The number of halogens is 3. The molecule has 0 fully saturated rings. The summed E-state index contributed by atoms with van der Waals surface area (Å²) >= 11 is 12.1. The van der Waals surface area contributed by atoms with Crippen molar-refractivity contribution < 1.29 is 4.39 Å². The normalized spacial score (nSPS) is 10.6. The maximum absolute atomic E-state index is 13.2. The fraction of sp³-hybridized carbons (Fsp3) is 0.286. The molecule has 0 saturated carbocycles. The zero-order valence-corrected chi connectivity index (χ0v) is 13.4. The Morgan fingerprint density at radius 1 is 1.14 bits per heavy atom. The SMILES string of the molecule is CCc1nc(NC)c(C)c(Nc2c(Cl)cc(F)cc2Cl)n1. The molecule has 0 unspecified atom stereocenters. The second kappa shape index (κ2) is 6.45. The molecule has 112 valence electrons. The zero-order chi connectivity index (χ0) is 15.6. The van der Waals surface area contributed by atoms with Crippen molar-refractivity contribution >= 4 is 40.5 Å². The summed E-state index contributed by atoms with van der Waals surface area (Å²) in [4.78, 5) is 8.81. The lowest BCUT2D eigenvalue weighted by Gasteiger charge is -2.15. The molecule has 0 aliphatic heterocycles. The van der Waals surface area contributed by atoms with Gasteiger partial charge < -0.3 is 10.6 Å². The van der Waals surface area contributed by atoms with Crippen molar-refractivity contribution in [3.05, 3.63) is 39.4 Å². The number of rotatable bonds is 4. The molecule has 0 atom stereocenters. The molecule has 2 aromatic rings. The van der Waals surface area contributed by atoms with Crippen LogP contribution < -0.4 is 10.6 Å². The van der Waals surface area contributed by atoms with Gasteiger partial charge in [0.2, 0.25) is 0 Å². The summed E-state index contributed by atoms with van der Waals surface area (Å²) in [5, 5.41) is 6.47. The van der Waals surface area contributed by atoms with Crippen molar-refractivity contribution in [2.45, 2.75) is 20.3 Å². The lowest BCUT2D eigenvalue weighted by Crippen LogP contribution is -2.07. The predicted molar refractivity (Wildman–Crippen MR) is 85.4 cm³/mol. The highest BCUT2D eigenvalue weighted by molar-refractivity contribution is 6.39. The van der Waals surface area contributed by atoms with Crippen molar-refractivity contribution in [2.75, 3.05) is 17.7 Å². The number of nitrogens with one attached hydrogen (secondary N) is 2. The monoisotopic (exact) mass is 328 g/mol. The first-order valence-electron chi connectivity index (χ1n) is 6.43. The van der Waals surface area contributed by atoms with E-state index in [-0.39, 0.29) is 10.0 Å². The van der Waals surface area contributed by atoms with Gasteiger partial charge in [-0.15, -0.1) is 0 Å². The molecule has 2 rings (SSSR count). The maximum atomic E-state index is 13.2. The zero-order valence-electron chi connectivity index (χ0n) is 11.9. The third-order valence-electron chi connectivity index (χ3n) is 3.00. The van der Waals surface area contributed by atoms with Crippen molar-refractivity contribution in [3.8, 4) is 0 Å². The van der Waals surface area contributed by atoms with E-state index in [0.717, 1.165) is 11.4 Å². The molecule has 0 aliphatic carbocycles. The van der Waals surface area contributed by atoms with Crippen molar-refractivity contribution in [2.24, 2.45) is 0 Å². The second-order valence-corrected chi connectivity index (χ2v) is 5.25. The van der Waals surface area contributed by atoms with Gasteiger partial charge >= 0.3 is 0 Å². The average Bonchev–Trinajstić information content (AvgIpc) is 2.44. The van der Waals surface area contributed by atoms with Crippen molar-refractivity contribution in [1.82, 2.24) is 9.97 Å². The van der Waals surface area contributed by atoms with Gasteiger partial charge in [0.05, 0.1) is 15.7 Å². The third-order valence-corrected chi connectivity index (χ3v) is 3.59. The number of aryl methyl sites for hydroxylation is 1. The van der Waals surface area contributed by atoms with E-state index >= 15 is 0 Å². The highest BCUT2D eigenvalue weighted by atomic mass is 35.5. The van der Waals surface area contributed by atoms with Crippen molar-refractivity contribution in [3.63, 3.8) is 0 Å². The summed E-state index contributed by atoms with van der Waals surface area (Å²) in [5.41, 5.74) is 1.25. The standard InChI is InChI=1S/C14H15Cl2FN4/c1-4-11-19-13(18-3)7(2)14(20-11)21-12-9(15)5-8(17)6-10(12)16/h5-6H,4H2,1-3H3,(H2,18,19,20,21). The van der Waals surface area contributed by atoms with Crippen LogP contribution in [0.1, 0.15) is 18.3 Å². The van der Waals surface area contributed by atoms with Crippen molar-refractivity contribution in [1.29, 1.82) is 0 Å². The Hall–Kier alpha value is -1.59. The van der Waals surface area contributed by atoms with E-state index in [4.69, 9.17) is 23.2 Å². The van der Waals surface area contributed by atoms with E-state index in [1.807, 2.05) is 13.8 Å². The molecule has 7 heteroatoms. The summed E-state index contributed by atoms with van der Waals surface area (Å²) in [5.74, 6) is 1.50. The largest absolute Gasteiger partial charge is 0.373 e. The Morgan fingerprint density at radius 2 is 1.71 bits per heavy atom. The van der Waals surface area contributed by atoms with Gasteiger partial charge in [0.1, 0.15) is 23.3 Å². The molecular formula is C14H15Cl2FN4. The molecule has 0 spiro atoms. The van der Waals surface area contributed by atoms with Crippen LogP contribution >= 0.6 is 23.2 Å².